The minimum Gasteiger partial charge on any atom is -0.494 e. The summed E-state index contributed by atoms with van der Waals surface area (Å²) in [7, 11) is 0. The summed E-state index contributed by atoms with van der Waals surface area (Å²) in [5.41, 5.74) is 1.23. The van der Waals surface area contributed by atoms with Crippen molar-refractivity contribution in [3.63, 3.8) is 0 Å². The number of hydrogen-bond acceptors (Lipinski definition) is 3. The van der Waals surface area contributed by atoms with Gasteiger partial charge in [-0.1, -0.05) is 22.9 Å². The van der Waals surface area contributed by atoms with E-state index in [9.17, 15) is 0 Å². The van der Waals surface area contributed by atoms with Crippen LogP contribution in [0.4, 0.5) is 0 Å². The number of imidazole rings is 1. The van der Waals surface area contributed by atoms with Gasteiger partial charge in [-0.3, -0.25) is 0 Å². The molecule has 0 fully saturated rings. The highest BCUT2D eigenvalue weighted by molar-refractivity contribution is 9.10. The predicted octanol–water partition coefficient (Wildman–Crippen LogP) is 3.61. The molecule has 5 heteroatoms. The van der Waals surface area contributed by atoms with Crippen molar-refractivity contribution in [1.82, 2.24) is 14.9 Å². The first-order valence-corrected chi connectivity index (χ1v) is 8.16. The second kappa shape index (κ2) is 8.85. The second-order valence-corrected chi connectivity index (χ2v) is 5.79. The molecule has 0 spiro atoms. The summed E-state index contributed by atoms with van der Waals surface area (Å²) in [4.78, 5) is 4.03. The lowest BCUT2D eigenvalue weighted by atomic mass is 10.2. The Morgan fingerprint density at radius 3 is 3.05 bits per heavy atom. The third kappa shape index (κ3) is 5.52. The van der Waals surface area contributed by atoms with Crippen molar-refractivity contribution in [1.29, 1.82) is 0 Å². The third-order valence-electron chi connectivity index (χ3n) is 3.15. The third-order valence-corrected chi connectivity index (χ3v) is 3.92. The zero-order chi connectivity index (χ0) is 14.9. The van der Waals surface area contributed by atoms with Crippen molar-refractivity contribution in [3.05, 3.63) is 47.0 Å². The lowest BCUT2D eigenvalue weighted by Gasteiger charge is -2.10. The van der Waals surface area contributed by atoms with Crippen molar-refractivity contribution >= 4 is 15.9 Å². The van der Waals surface area contributed by atoms with Gasteiger partial charge in [0.15, 0.2) is 0 Å². The summed E-state index contributed by atoms with van der Waals surface area (Å²) in [5, 5.41) is 3.41. The Kier molecular flexibility index (Phi) is 6.76. The Labute approximate surface area is 134 Å². The molecular formula is C16H22BrN3O. The van der Waals surface area contributed by atoms with Crippen LogP contribution in [0.5, 0.6) is 5.75 Å². The van der Waals surface area contributed by atoms with Gasteiger partial charge in [0.05, 0.1) is 12.9 Å². The fourth-order valence-electron chi connectivity index (χ4n) is 2.03. The average molecular weight is 352 g/mol. The Morgan fingerprint density at radius 1 is 1.38 bits per heavy atom. The van der Waals surface area contributed by atoms with Crippen LogP contribution in [0.25, 0.3) is 0 Å². The highest BCUT2D eigenvalue weighted by Crippen LogP contribution is 2.22. The van der Waals surface area contributed by atoms with Crippen molar-refractivity contribution in [2.75, 3.05) is 13.2 Å². The Hall–Kier alpha value is -1.33. The van der Waals surface area contributed by atoms with E-state index in [1.165, 1.54) is 5.56 Å². The second-order valence-electron chi connectivity index (χ2n) is 4.93. The van der Waals surface area contributed by atoms with Crippen LogP contribution in [0.1, 0.15) is 25.3 Å². The minimum absolute atomic E-state index is 0.710. The van der Waals surface area contributed by atoms with Gasteiger partial charge < -0.3 is 14.6 Å². The number of aryl methyl sites for hydroxylation is 1. The van der Waals surface area contributed by atoms with Crippen LogP contribution in [-0.2, 0) is 13.1 Å². The first kappa shape index (κ1) is 16.0. The summed E-state index contributed by atoms with van der Waals surface area (Å²) in [5.74, 6) is 0.928. The lowest BCUT2D eigenvalue weighted by Crippen LogP contribution is -2.14. The highest BCUT2D eigenvalue weighted by Gasteiger charge is 2.02. The van der Waals surface area contributed by atoms with E-state index in [0.29, 0.717) is 6.61 Å². The number of hydrogen-bond donors (Lipinski definition) is 1. The molecule has 0 aliphatic rings. The smallest absolute Gasteiger partial charge is 0.119 e. The molecule has 0 amide bonds. The molecule has 1 heterocycles. The van der Waals surface area contributed by atoms with Crippen molar-refractivity contribution in [2.24, 2.45) is 0 Å². The molecule has 0 aliphatic heterocycles. The van der Waals surface area contributed by atoms with Crippen LogP contribution < -0.4 is 10.1 Å². The number of ether oxygens (including phenoxy) is 1. The Morgan fingerprint density at radius 2 is 2.29 bits per heavy atom. The van der Waals surface area contributed by atoms with Gasteiger partial charge >= 0.3 is 0 Å². The summed E-state index contributed by atoms with van der Waals surface area (Å²) < 4.78 is 9.01. The van der Waals surface area contributed by atoms with E-state index >= 15 is 0 Å². The van der Waals surface area contributed by atoms with Gasteiger partial charge in [0, 0.05) is 30.0 Å². The first-order chi connectivity index (χ1) is 10.3. The number of rotatable bonds is 9. The molecule has 0 saturated carbocycles. The molecule has 4 nitrogen and oxygen atoms in total. The van der Waals surface area contributed by atoms with Gasteiger partial charge in [-0.25, -0.2) is 4.98 Å². The molecule has 0 atom stereocenters. The van der Waals surface area contributed by atoms with E-state index in [4.69, 9.17) is 4.74 Å². The average Bonchev–Trinajstić information content (AvgIpc) is 3.00. The van der Waals surface area contributed by atoms with E-state index in [1.807, 2.05) is 24.7 Å². The van der Waals surface area contributed by atoms with Crippen LogP contribution >= 0.6 is 15.9 Å². The van der Waals surface area contributed by atoms with Gasteiger partial charge in [0.2, 0.25) is 0 Å². The molecule has 1 N–H and O–H groups in total. The molecule has 0 unspecified atom stereocenters. The van der Waals surface area contributed by atoms with E-state index in [2.05, 4.69) is 43.8 Å². The lowest BCUT2D eigenvalue weighted by molar-refractivity contribution is 0.301. The Balaban J connectivity index is 1.78. The fraction of sp³-hybridized carbons (Fsp3) is 0.438. The highest BCUT2D eigenvalue weighted by atomic mass is 79.9. The van der Waals surface area contributed by atoms with Gasteiger partial charge in [-0.05, 0) is 43.1 Å². The number of nitrogens with one attached hydrogen (secondary N) is 1. The van der Waals surface area contributed by atoms with Gasteiger partial charge in [-0.15, -0.1) is 0 Å². The first-order valence-electron chi connectivity index (χ1n) is 7.37. The minimum atomic E-state index is 0.710. The molecular weight excluding hydrogens is 330 g/mol. The molecule has 21 heavy (non-hydrogen) atoms. The zero-order valence-electron chi connectivity index (χ0n) is 12.4. The van der Waals surface area contributed by atoms with Gasteiger partial charge in [-0.2, -0.15) is 0 Å². The molecule has 2 rings (SSSR count). The molecule has 0 bridgehead atoms. The quantitative estimate of drug-likeness (QED) is 0.701. The standard InChI is InChI=1S/C16H22BrN3O/c1-2-6-18-12-14-11-15(4-5-16(14)17)21-10-3-8-20-9-7-19-13-20/h4-5,7,9,11,13,18H,2-3,6,8,10,12H2,1H3. The Bertz CT molecular complexity index is 528. The number of nitrogens with zero attached hydrogens (tertiary/aromatic N) is 2. The normalized spacial score (nSPS) is 10.8. The van der Waals surface area contributed by atoms with Crippen molar-refractivity contribution < 1.29 is 4.74 Å². The largest absolute Gasteiger partial charge is 0.494 e. The van der Waals surface area contributed by atoms with E-state index in [1.54, 1.807) is 6.20 Å². The molecule has 2 aromatic rings. The van der Waals surface area contributed by atoms with Crippen LogP contribution in [-0.4, -0.2) is 22.7 Å². The van der Waals surface area contributed by atoms with E-state index in [0.717, 1.165) is 42.7 Å². The fourth-order valence-corrected chi connectivity index (χ4v) is 2.42. The van der Waals surface area contributed by atoms with Crippen LogP contribution in [0, 0.1) is 0 Å². The summed E-state index contributed by atoms with van der Waals surface area (Å²) in [6.07, 6.45) is 7.71. The van der Waals surface area contributed by atoms with Crippen LogP contribution in [0.2, 0.25) is 0 Å². The maximum Gasteiger partial charge on any atom is 0.119 e. The molecule has 0 aliphatic carbocycles. The maximum absolute atomic E-state index is 5.82. The zero-order valence-corrected chi connectivity index (χ0v) is 14.0. The number of aromatic nitrogens is 2. The monoisotopic (exact) mass is 351 g/mol. The summed E-state index contributed by atoms with van der Waals surface area (Å²) >= 11 is 3.58. The maximum atomic E-state index is 5.82. The van der Waals surface area contributed by atoms with E-state index < -0.39 is 0 Å². The van der Waals surface area contributed by atoms with Crippen molar-refractivity contribution in [2.45, 2.75) is 32.9 Å². The number of benzene rings is 1. The topological polar surface area (TPSA) is 39.1 Å². The van der Waals surface area contributed by atoms with Crippen LogP contribution in [0.15, 0.2) is 41.4 Å². The predicted molar refractivity (Wildman–Crippen MR) is 88.5 cm³/mol. The molecule has 114 valence electrons. The van der Waals surface area contributed by atoms with Crippen LogP contribution in [0.3, 0.4) is 0 Å². The SMILES string of the molecule is CCCNCc1cc(OCCCn2ccnc2)ccc1Br. The van der Waals surface area contributed by atoms with Gasteiger partial charge in [0.25, 0.3) is 0 Å². The molecule has 0 saturated heterocycles. The van der Waals surface area contributed by atoms with Gasteiger partial charge in [0.1, 0.15) is 5.75 Å². The van der Waals surface area contributed by atoms with Crippen molar-refractivity contribution in [3.8, 4) is 5.75 Å². The number of halogens is 1. The summed E-state index contributed by atoms with van der Waals surface area (Å²) in [6, 6.07) is 6.16. The molecule has 1 aromatic heterocycles. The molecule has 0 radical (unpaired) electrons. The molecule has 1 aromatic carbocycles. The van der Waals surface area contributed by atoms with E-state index in [-0.39, 0.29) is 0 Å². The summed E-state index contributed by atoms with van der Waals surface area (Å²) in [6.45, 7) is 5.70.